The van der Waals surface area contributed by atoms with Crippen molar-refractivity contribution in [2.75, 3.05) is 0 Å². The molecule has 0 saturated heterocycles. The Morgan fingerprint density at radius 2 is 1.46 bits per heavy atom. The average Bonchev–Trinajstić information content (AvgIpc) is 3.21. The van der Waals surface area contributed by atoms with E-state index in [0.29, 0.717) is 22.8 Å². The predicted molar refractivity (Wildman–Crippen MR) is 84.1 cm³/mol. The highest BCUT2D eigenvalue weighted by Crippen LogP contribution is 2.22. The van der Waals surface area contributed by atoms with Gasteiger partial charge in [-0.1, -0.05) is 0 Å². The van der Waals surface area contributed by atoms with Crippen LogP contribution in [0.5, 0.6) is 0 Å². The van der Waals surface area contributed by atoms with E-state index < -0.39 is 11.8 Å². The number of carbonyl (C=O) groups excluding carboxylic acids is 2. The molecule has 0 aliphatic carbocycles. The molecule has 0 fully saturated rings. The number of nitrogens with zero attached hydrogens (tertiary/aromatic N) is 3. The Morgan fingerprint density at radius 1 is 0.875 bits per heavy atom. The lowest BCUT2D eigenvalue weighted by Gasteiger charge is -2.14. The zero-order valence-electron chi connectivity index (χ0n) is 12.6. The third-order valence-corrected chi connectivity index (χ3v) is 3.59. The van der Waals surface area contributed by atoms with E-state index in [2.05, 4.69) is 24.9 Å². The molecule has 0 aromatic carbocycles. The molecule has 3 aromatic heterocycles. The summed E-state index contributed by atoms with van der Waals surface area (Å²) in [6, 6.07) is 0. The van der Waals surface area contributed by atoms with Crippen LogP contribution in [0, 0.1) is 0 Å². The summed E-state index contributed by atoms with van der Waals surface area (Å²) in [5, 5.41) is 0. The van der Waals surface area contributed by atoms with Crippen molar-refractivity contribution in [2.45, 2.75) is 12.8 Å². The summed E-state index contributed by atoms with van der Waals surface area (Å²) in [6.07, 6.45) is 8.34. The van der Waals surface area contributed by atoms with E-state index in [1.54, 1.807) is 24.8 Å². The van der Waals surface area contributed by atoms with E-state index in [0.717, 1.165) is 0 Å². The fourth-order valence-corrected chi connectivity index (χ4v) is 2.53. The number of pyridine rings is 1. The third kappa shape index (κ3) is 3.00. The SMILES string of the molecule is NC(=O)c1cnc(C(N)=O)c(Cc2ncc[nH]2)c1Cc1ncc[nH]1. The van der Waals surface area contributed by atoms with Crippen molar-refractivity contribution in [3.8, 4) is 0 Å². The summed E-state index contributed by atoms with van der Waals surface area (Å²) < 4.78 is 0. The average molecular weight is 325 g/mol. The van der Waals surface area contributed by atoms with E-state index in [1.165, 1.54) is 6.20 Å². The minimum Gasteiger partial charge on any atom is -0.366 e. The zero-order chi connectivity index (χ0) is 17.1. The van der Waals surface area contributed by atoms with Crippen LogP contribution in [0.2, 0.25) is 0 Å². The van der Waals surface area contributed by atoms with Crippen molar-refractivity contribution in [3.05, 3.63) is 65.0 Å². The standard InChI is InChI=1S/C15H15N7O2/c16-14(23)10-7-22-13(15(17)24)9(6-12-20-3-4-21-12)8(10)5-11-18-1-2-19-11/h1-4,7H,5-6H2,(H2,16,23)(H2,17,24)(H,18,19)(H,20,21). The summed E-state index contributed by atoms with van der Waals surface area (Å²) in [5.41, 5.74) is 12.3. The molecule has 0 aliphatic heterocycles. The molecule has 9 nitrogen and oxygen atoms in total. The van der Waals surface area contributed by atoms with Crippen molar-refractivity contribution in [2.24, 2.45) is 11.5 Å². The Kier molecular flexibility index (Phi) is 4.06. The van der Waals surface area contributed by atoms with Crippen LogP contribution in [-0.4, -0.2) is 36.7 Å². The van der Waals surface area contributed by atoms with Crippen molar-refractivity contribution in [3.63, 3.8) is 0 Å². The van der Waals surface area contributed by atoms with Crippen molar-refractivity contribution in [1.82, 2.24) is 24.9 Å². The Bertz CT molecular complexity index is 796. The largest absolute Gasteiger partial charge is 0.366 e. The van der Waals surface area contributed by atoms with E-state index >= 15 is 0 Å². The summed E-state index contributed by atoms with van der Waals surface area (Å²) in [5.74, 6) is -0.0875. The maximum Gasteiger partial charge on any atom is 0.267 e. The lowest BCUT2D eigenvalue weighted by atomic mass is 9.94. The minimum atomic E-state index is -0.687. The van der Waals surface area contributed by atoms with Gasteiger partial charge in [0.05, 0.1) is 5.56 Å². The molecule has 2 amide bonds. The molecule has 0 aliphatic rings. The van der Waals surface area contributed by atoms with E-state index in [-0.39, 0.29) is 24.1 Å². The van der Waals surface area contributed by atoms with Crippen LogP contribution in [-0.2, 0) is 12.8 Å². The number of aromatic amines is 2. The van der Waals surface area contributed by atoms with Gasteiger partial charge >= 0.3 is 0 Å². The first-order valence-electron chi connectivity index (χ1n) is 7.13. The molecule has 3 rings (SSSR count). The first-order valence-corrected chi connectivity index (χ1v) is 7.13. The van der Waals surface area contributed by atoms with E-state index in [4.69, 9.17) is 11.5 Å². The molecule has 0 radical (unpaired) electrons. The van der Waals surface area contributed by atoms with Gasteiger partial charge < -0.3 is 21.4 Å². The van der Waals surface area contributed by atoms with Crippen LogP contribution >= 0.6 is 0 Å². The van der Waals surface area contributed by atoms with Crippen LogP contribution in [0.15, 0.2) is 31.0 Å². The Hall–Kier alpha value is -3.49. The highest BCUT2D eigenvalue weighted by atomic mass is 16.1. The topological polar surface area (TPSA) is 156 Å². The Balaban J connectivity index is 2.17. The number of primary amides is 2. The number of imidazole rings is 2. The third-order valence-electron chi connectivity index (χ3n) is 3.59. The molecule has 0 spiro atoms. The zero-order valence-corrected chi connectivity index (χ0v) is 12.6. The van der Waals surface area contributed by atoms with Gasteiger partial charge in [-0.05, 0) is 11.1 Å². The number of H-pyrrole nitrogens is 2. The lowest BCUT2D eigenvalue weighted by Crippen LogP contribution is -2.22. The second kappa shape index (κ2) is 6.32. The normalized spacial score (nSPS) is 10.7. The van der Waals surface area contributed by atoms with Gasteiger partial charge in [-0.2, -0.15) is 0 Å². The van der Waals surface area contributed by atoms with Crippen molar-refractivity contribution >= 4 is 11.8 Å². The number of nitrogens with one attached hydrogen (secondary N) is 2. The summed E-state index contributed by atoms with van der Waals surface area (Å²) in [7, 11) is 0. The predicted octanol–water partition coefficient (Wildman–Crippen LogP) is -0.0928. The Labute approximate surface area is 136 Å². The monoisotopic (exact) mass is 325 g/mol. The van der Waals surface area contributed by atoms with Crippen LogP contribution in [0.3, 0.4) is 0 Å². The van der Waals surface area contributed by atoms with Gasteiger partial charge in [0.15, 0.2) is 0 Å². The van der Waals surface area contributed by atoms with Crippen molar-refractivity contribution in [1.29, 1.82) is 0 Å². The van der Waals surface area contributed by atoms with Crippen LogP contribution in [0.1, 0.15) is 43.6 Å². The number of hydrogen-bond donors (Lipinski definition) is 4. The second-order valence-corrected chi connectivity index (χ2v) is 5.13. The van der Waals surface area contributed by atoms with Crippen LogP contribution in [0.25, 0.3) is 0 Å². The maximum absolute atomic E-state index is 11.8. The van der Waals surface area contributed by atoms with Gasteiger partial charge in [0.25, 0.3) is 11.8 Å². The second-order valence-electron chi connectivity index (χ2n) is 5.13. The molecule has 0 saturated carbocycles. The summed E-state index contributed by atoms with van der Waals surface area (Å²) in [6.45, 7) is 0. The van der Waals surface area contributed by atoms with Gasteiger partial charge in [-0.15, -0.1) is 0 Å². The molecular weight excluding hydrogens is 310 g/mol. The molecule has 9 heteroatoms. The molecule has 0 bridgehead atoms. The fraction of sp³-hybridized carbons (Fsp3) is 0.133. The summed E-state index contributed by atoms with van der Waals surface area (Å²) in [4.78, 5) is 41.8. The summed E-state index contributed by atoms with van der Waals surface area (Å²) >= 11 is 0. The molecule has 0 atom stereocenters. The number of nitrogens with two attached hydrogens (primary N) is 2. The molecule has 122 valence electrons. The van der Waals surface area contributed by atoms with Gasteiger partial charge in [0.1, 0.15) is 17.3 Å². The molecular formula is C15H15N7O2. The Morgan fingerprint density at radius 3 is 1.92 bits per heavy atom. The lowest BCUT2D eigenvalue weighted by molar-refractivity contribution is 0.0982. The minimum absolute atomic E-state index is 0.0814. The highest BCUT2D eigenvalue weighted by Gasteiger charge is 2.22. The number of aromatic nitrogens is 5. The quantitative estimate of drug-likeness (QED) is 0.498. The number of rotatable bonds is 6. The van der Waals surface area contributed by atoms with E-state index in [1.807, 2.05) is 0 Å². The van der Waals surface area contributed by atoms with Crippen LogP contribution < -0.4 is 11.5 Å². The van der Waals surface area contributed by atoms with Gasteiger partial charge in [-0.3, -0.25) is 9.59 Å². The van der Waals surface area contributed by atoms with Gasteiger partial charge in [0.2, 0.25) is 0 Å². The first-order chi connectivity index (χ1) is 11.6. The van der Waals surface area contributed by atoms with Gasteiger partial charge in [-0.25, -0.2) is 15.0 Å². The number of hydrogen-bond acceptors (Lipinski definition) is 5. The van der Waals surface area contributed by atoms with Gasteiger partial charge in [0, 0.05) is 43.8 Å². The van der Waals surface area contributed by atoms with E-state index in [9.17, 15) is 9.59 Å². The molecule has 3 heterocycles. The maximum atomic E-state index is 11.8. The van der Waals surface area contributed by atoms with Crippen LogP contribution in [0.4, 0.5) is 0 Å². The smallest absolute Gasteiger partial charge is 0.267 e. The highest BCUT2D eigenvalue weighted by molar-refractivity contribution is 5.97. The molecule has 6 N–H and O–H groups in total. The molecule has 24 heavy (non-hydrogen) atoms. The molecule has 3 aromatic rings. The molecule has 0 unspecified atom stereocenters. The number of amides is 2. The first kappa shape index (κ1) is 15.4. The fourth-order valence-electron chi connectivity index (χ4n) is 2.53. The van der Waals surface area contributed by atoms with Crippen molar-refractivity contribution < 1.29 is 9.59 Å². The number of carbonyl (C=O) groups is 2.